The molecule has 0 heterocycles. The Morgan fingerprint density at radius 2 is 2.16 bits per heavy atom. The Labute approximate surface area is 123 Å². The summed E-state index contributed by atoms with van der Waals surface area (Å²) in [5.74, 6) is -0.888. The van der Waals surface area contributed by atoms with Gasteiger partial charge >= 0.3 is 0 Å². The van der Waals surface area contributed by atoms with Crippen molar-refractivity contribution in [3.63, 3.8) is 0 Å². The minimum Gasteiger partial charge on any atom is -0.370 e. The molecule has 0 atom stereocenters. The van der Waals surface area contributed by atoms with Crippen LogP contribution in [-0.2, 0) is 4.79 Å². The maximum Gasteiger partial charge on any atom is 0.293 e. The summed E-state index contributed by atoms with van der Waals surface area (Å²) in [7, 11) is 0. The fraction of sp³-hybridized carbons (Fsp3) is 0.364. The van der Waals surface area contributed by atoms with Gasteiger partial charge in [-0.25, -0.2) is 4.39 Å². The van der Waals surface area contributed by atoms with Gasteiger partial charge in [-0.3, -0.25) is 14.9 Å². The molecule has 104 valence electrons. The van der Waals surface area contributed by atoms with Crippen molar-refractivity contribution in [1.82, 2.24) is 5.32 Å². The van der Waals surface area contributed by atoms with Crippen LogP contribution in [0.15, 0.2) is 12.1 Å². The second-order valence-corrected chi connectivity index (χ2v) is 5.28. The molecule has 0 bridgehead atoms. The molecule has 0 radical (unpaired) electrons. The lowest BCUT2D eigenvalue weighted by Crippen LogP contribution is -2.34. The van der Waals surface area contributed by atoms with Gasteiger partial charge < -0.3 is 10.6 Å². The highest BCUT2D eigenvalue weighted by Crippen LogP contribution is 2.28. The van der Waals surface area contributed by atoms with E-state index in [4.69, 9.17) is 0 Å². The summed E-state index contributed by atoms with van der Waals surface area (Å²) in [6, 6.07) is 2.11. The molecule has 0 fully saturated rings. The van der Waals surface area contributed by atoms with Gasteiger partial charge in [-0.05, 0) is 36.4 Å². The normalized spacial score (nSPS) is 10.4. The number of nitro benzene ring substituents is 1. The van der Waals surface area contributed by atoms with Crippen LogP contribution in [0.5, 0.6) is 0 Å². The third kappa shape index (κ3) is 4.62. The molecule has 6 nitrogen and oxygen atoms in total. The van der Waals surface area contributed by atoms with E-state index in [0.717, 1.165) is 12.1 Å². The van der Waals surface area contributed by atoms with Crippen LogP contribution in [0.1, 0.15) is 13.8 Å². The van der Waals surface area contributed by atoms with E-state index in [1.54, 1.807) is 36.4 Å². The van der Waals surface area contributed by atoms with Gasteiger partial charge in [0.05, 0.1) is 15.0 Å². The standard InChI is InChI=1S/C11H13FIN3O3/c1-6(2)15-11(17)5-14-9-3-7(12)8(13)4-10(9)16(18)19/h3-4,6,14H,5H2,1-2H3,(H,15,17). The highest BCUT2D eigenvalue weighted by Gasteiger charge is 2.18. The number of carbonyl (C=O) groups is 1. The van der Waals surface area contributed by atoms with E-state index in [1.807, 2.05) is 0 Å². The second kappa shape index (κ2) is 6.64. The van der Waals surface area contributed by atoms with Gasteiger partial charge in [0.15, 0.2) is 0 Å². The number of hydrogen-bond acceptors (Lipinski definition) is 4. The molecule has 0 aliphatic carbocycles. The summed E-state index contributed by atoms with van der Waals surface area (Å²) in [5, 5.41) is 16.0. The van der Waals surface area contributed by atoms with E-state index < -0.39 is 10.7 Å². The molecule has 1 amide bonds. The average molecular weight is 381 g/mol. The molecule has 0 aliphatic heterocycles. The number of benzene rings is 1. The van der Waals surface area contributed by atoms with Crippen molar-refractivity contribution >= 4 is 39.9 Å². The van der Waals surface area contributed by atoms with Gasteiger partial charge in [-0.1, -0.05) is 0 Å². The molecule has 0 aliphatic rings. The maximum absolute atomic E-state index is 13.4. The summed E-state index contributed by atoms with van der Waals surface area (Å²) in [6.45, 7) is 3.44. The largest absolute Gasteiger partial charge is 0.370 e. The van der Waals surface area contributed by atoms with Crippen LogP contribution >= 0.6 is 22.6 Å². The van der Waals surface area contributed by atoms with Gasteiger partial charge in [0.1, 0.15) is 11.5 Å². The van der Waals surface area contributed by atoms with Crippen molar-refractivity contribution in [2.24, 2.45) is 0 Å². The Hall–Kier alpha value is -1.45. The van der Waals surface area contributed by atoms with Gasteiger partial charge in [0.2, 0.25) is 5.91 Å². The Kier molecular flexibility index (Phi) is 5.45. The topological polar surface area (TPSA) is 84.3 Å². The fourth-order valence-electron chi connectivity index (χ4n) is 1.38. The third-order valence-corrected chi connectivity index (χ3v) is 2.95. The molecule has 8 heteroatoms. The summed E-state index contributed by atoms with van der Waals surface area (Å²) in [6.07, 6.45) is 0. The van der Waals surface area contributed by atoms with E-state index in [0.29, 0.717) is 0 Å². The zero-order valence-corrected chi connectivity index (χ0v) is 12.5. The monoisotopic (exact) mass is 381 g/mol. The van der Waals surface area contributed by atoms with Crippen molar-refractivity contribution in [1.29, 1.82) is 0 Å². The van der Waals surface area contributed by atoms with E-state index in [-0.39, 0.29) is 33.4 Å². The average Bonchev–Trinajstić information content (AvgIpc) is 2.29. The first-order valence-corrected chi connectivity index (χ1v) is 6.55. The first-order valence-electron chi connectivity index (χ1n) is 5.48. The summed E-state index contributed by atoms with van der Waals surface area (Å²) in [4.78, 5) is 21.6. The Bertz CT molecular complexity index is 508. The quantitative estimate of drug-likeness (QED) is 0.466. The molecular formula is C11H13FIN3O3. The zero-order valence-electron chi connectivity index (χ0n) is 10.4. The molecule has 1 aromatic carbocycles. The first kappa shape index (κ1) is 15.6. The molecule has 2 N–H and O–H groups in total. The molecule has 0 saturated carbocycles. The highest BCUT2D eigenvalue weighted by atomic mass is 127. The smallest absolute Gasteiger partial charge is 0.293 e. The summed E-state index contributed by atoms with van der Waals surface area (Å²) >= 11 is 1.67. The van der Waals surface area contributed by atoms with Crippen molar-refractivity contribution in [2.75, 3.05) is 11.9 Å². The third-order valence-electron chi connectivity index (χ3n) is 2.12. The van der Waals surface area contributed by atoms with E-state index in [1.165, 1.54) is 0 Å². The van der Waals surface area contributed by atoms with E-state index in [9.17, 15) is 19.3 Å². The van der Waals surface area contributed by atoms with Crippen molar-refractivity contribution in [3.8, 4) is 0 Å². The molecule has 19 heavy (non-hydrogen) atoms. The minimum absolute atomic E-state index is 0.0122. The van der Waals surface area contributed by atoms with Crippen LogP contribution in [0.2, 0.25) is 0 Å². The highest BCUT2D eigenvalue weighted by molar-refractivity contribution is 14.1. The van der Waals surface area contributed by atoms with Gasteiger partial charge in [-0.2, -0.15) is 0 Å². The first-order chi connectivity index (χ1) is 8.81. The van der Waals surface area contributed by atoms with Crippen LogP contribution in [0.4, 0.5) is 15.8 Å². The minimum atomic E-state index is -0.621. The lowest BCUT2D eigenvalue weighted by Gasteiger charge is -2.10. The molecule has 1 rings (SSSR count). The number of hydrogen-bond donors (Lipinski definition) is 2. The molecule has 0 spiro atoms. The summed E-state index contributed by atoms with van der Waals surface area (Å²) < 4.78 is 13.5. The molecule has 1 aromatic rings. The Morgan fingerprint density at radius 3 is 2.68 bits per heavy atom. The van der Waals surface area contributed by atoms with Gasteiger partial charge in [0, 0.05) is 18.2 Å². The van der Waals surface area contributed by atoms with Crippen molar-refractivity contribution in [3.05, 3.63) is 31.6 Å². The summed E-state index contributed by atoms with van der Waals surface area (Å²) in [5.41, 5.74) is -0.273. The van der Waals surface area contributed by atoms with E-state index >= 15 is 0 Å². The van der Waals surface area contributed by atoms with Crippen LogP contribution in [-0.4, -0.2) is 23.4 Å². The van der Waals surface area contributed by atoms with Crippen LogP contribution in [0.25, 0.3) is 0 Å². The number of rotatable bonds is 5. The lowest BCUT2D eigenvalue weighted by molar-refractivity contribution is -0.384. The predicted molar refractivity (Wildman–Crippen MR) is 77.5 cm³/mol. The van der Waals surface area contributed by atoms with Crippen molar-refractivity contribution in [2.45, 2.75) is 19.9 Å². The fourth-order valence-corrected chi connectivity index (χ4v) is 1.83. The number of carbonyl (C=O) groups excluding carboxylic acids is 1. The number of halogens is 2. The van der Waals surface area contributed by atoms with Gasteiger partial charge in [0.25, 0.3) is 5.69 Å². The van der Waals surface area contributed by atoms with Crippen LogP contribution in [0, 0.1) is 19.5 Å². The zero-order chi connectivity index (χ0) is 14.6. The Morgan fingerprint density at radius 1 is 1.53 bits per heavy atom. The van der Waals surface area contributed by atoms with E-state index in [2.05, 4.69) is 10.6 Å². The molecular weight excluding hydrogens is 368 g/mol. The Balaban J connectivity index is 2.85. The van der Waals surface area contributed by atoms with Gasteiger partial charge in [-0.15, -0.1) is 0 Å². The molecule has 0 saturated heterocycles. The lowest BCUT2D eigenvalue weighted by atomic mass is 10.2. The number of nitrogens with one attached hydrogen (secondary N) is 2. The second-order valence-electron chi connectivity index (χ2n) is 4.12. The number of nitro groups is 1. The predicted octanol–water partition coefficient (Wildman–Crippen LogP) is 2.28. The maximum atomic E-state index is 13.4. The molecule has 0 aromatic heterocycles. The number of nitrogens with zero attached hydrogens (tertiary/aromatic N) is 1. The number of amides is 1. The molecule has 0 unspecified atom stereocenters. The SMILES string of the molecule is CC(C)NC(=O)CNc1cc(F)c(I)cc1[N+](=O)[O-]. The van der Waals surface area contributed by atoms with Crippen LogP contribution in [0.3, 0.4) is 0 Å². The van der Waals surface area contributed by atoms with Crippen LogP contribution < -0.4 is 10.6 Å². The van der Waals surface area contributed by atoms with Crippen molar-refractivity contribution < 1.29 is 14.1 Å². The number of anilines is 1.